The second kappa shape index (κ2) is 14.3. The summed E-state index contributed by atoms with van der Waals surface area (Å²) in [6, 6.07) is 8.10. The fourth-order valence-corrected chi connectivity index (χ4v) is 3.58. The van der Waals surface area contributed by atoms with Crippen LogP contribution in [0.3, 0.4) is 0 Å². The summed E-state index contributed by atoms with van der Waals surface area (Å²) in [7, 11) is 0. The number of allylic oxidation sites excluding steroid dienone is 1. The van der Waals surface area contributed by atoms with Crippen molar-refractivity contribution >= 4 is 11.8 Å². The van der Waals surface area contributed by atoms with Gasteiger partial charge in [0.25, 0.3) is 0 Å². The largest absolute Gasteiger partial charge is 0.296 e. The molecule has 1 aromatic heterocycles. The Kier molecular flexibility index (Phi) is 11.3. The standard InChI is InChI=1S/C16H27NO2.C9H9N3/c1-2-3-4-5-6-7-8-9-10-11-12-14-13-15(18)17-16(14)19;1-7-4-2-3-5-8(7)9-6-10-12-11-9/h11-12,14H,2-10,13H2,1H3,(H,17,18,19);2-6H,1H3,(H,10,11,12). The van der Waals surface area contributed by atoms with Crippen molar-refractivity contribution in [2.45, 2.75) is 78.1 Å². The zero-order valence-electron chi connectivity index (χ0n) is 18.9. The van der Waals surface area contributed by atoms with E-state index in [4.69, 9.17) is 0 Å². The van der Waals surface area contributed by atoms with Gasteiger partial charge in [-0.05, 0) is 25.3 Å². The lowest BCUT2D eigenvalue weighted by atomic mass is 10.0. The fourth-order valence-electron chi connectivity index (χ4n) is 3.58. The summed E-state index contributed by atoms with van der Waals surface area (Å²) in [4.78, 5) is 22.3. The summed E-state index contributed by atoms with van der Waals surface area (Å²) >= 11 is 0. The van der Waals surface area contributed by atoms with Gasteiger partial charge in [0.2, 0.25) is 11.8 Å². The summed E-state index contributed by atoms with van der Waals surface area (Å²) in [5, 5.41) is 12.7. The molecule has 168 valence electrons. The molecular weight excluding hydrogens is 388 g/mol. The van der Waals surface area contributed by atoms with Crippen LogP contribution in [0, 0.1) is 12.8 Å². The zero-order chi connectivity index (χ0) is 22.3. The number of imide groups is 1. The molecule has 1 aliphatic rings. The van der Waals surface area contributed by atoms with Crippen molar-refractivity contribution in [2.24, 2.45) is 5.92 Å². The van der Waals surface area contributed by atoms with Gasteiger partial charge in [-0.2, -0.15) is 15.4 Å². The van der Waals surface area contributed by atoms with Gasteiger partial charge in [0, 0.05) is 12.0 Å². The summed E-state index contributed by atoms with van der Waals surface area (Å²) in [6.07, 6.45) is 17.6. The zero-order valence-corrected chi connectivity index (χ0v) is 18.9. The lowest BCUT2D eigenvalue weighted by Crippen LogP contribution is -2.21. The van der Waals surface area contributed by atoms with E-state index < -0.39 is 0 Å². The first-order chi connectivity index (χ1) is 15.1. The van der Waals surface area contributed by atoms with E-state index in [1.807, 2.05) is 24.3 Å². The van der Waals surface area contributed by atoms with Gasteiger partial charge in [-0.3, -0.25) is 14.9 Å². The number of aromatic amines is 1. The molecule has 1 aliphatic heterocycles. The smallest absolute Gasteiger partial charge is 0.233 e. The monoisotopic (exact) mass is 424 g/mol. The molecule has 0 radical (unpaired) electrons. The van der Waals surface area contributed by atoms with Gasteiger partial charge in [0.1, 0.15) is 5.69 Å². The van der Waals surface area contributed by atoms with Crippen molar-refractivity contribution in [3.63, 3.8) is 0 Å². The Bertz CT molecular complexity index is 815. The third-order valence-corrected chi connectivity index (χ3v) is 5.43. The highest BCUT2D eigenvalue weighted by Gasteiger charge is 2.27. The number of benzene rings is 1. The Hall–Kier alpha value is -2.76. The normalized spacial score (nSPS) is 15.7. The molecule has 6 nitrogen and oxygen atoms in total. The molecule has 3 rings (SSSR count). The number of carbonyl (C=O) groups excluding carboxylic acids is 2. The Balaban J connectivity index is 0.000000242. The van der Waals surface area contributed by atoms with Crippen molar-refractivity contribution < 1.29 is 9.59 Å². The first kappa shape index (κ1) is 24.5. The van der Waals surface area contributed by atoms with Gasteiger partial charge in [-0.1, -0.05) is 88.3 Å². The molecule has 1 saturated heterocycles. The number of aryl methyl sites for hydroxylation is 1. The van der Waals surface area contributed by atoms with Crippen LogP contribution >= 0.6 is 0 Å². The van der Waals surface area contributed by atoms with Crippen LogP contribution in [-0.4, -0.2) is 27.2 Å². The molecule has 2 N–H and O–H groups in total. The van der Waals surface area contributed by atoms with Crippen molar-refractivity contribution in [3.8, 4) is 11.3 Å². The first-order valence-electron chi connectivity index (χ1n) is 11.5. The molecule has 0 bridgehead atoms. The van der Waals surface area contributed by atoms with Gasteiger partial charge in [0.05, 0.1) is 12.1 Å². The predicted octanol–water partition coefficient (Wildman–Crippen LogP) is 5.52. The summed E-state index contributed by atoms with van der Waals surface area (Å²) < 4.78 is 0. The van der Waals surface area contributed by atoms with Crippen LogP contribution in [0.2, 0.25) is 0 Å². The van der Waals surface area contributed by atoms with Gasteiger partial charge < -0.3 is 0 Å². The average Bonchev–Trinajstić information content (AvgIpc) is 3.40. The quantitative estimate of drug-likeness (QED) is 0.283. The molecule has 0 spiro atoms. The predicted molar refractivity (Wildman–Crippen MR) is 124 cm³/mol. The Morgan fingerprint density at radius 1 is 1.03 bits per heavy atom. The van der Waals surface area contributed by atoms with Crippen LogP contribution in [0.15, 0.2) is 42.6 Å². The Morgan fingerprint density at radius 3 is 2.35 bits per heavy atom. The Labute approximate surface area is 185 Å². The maximum absolute atomic E-state index is 11.3. The van der Waals surface area contributed by atoms with E-state index in [9.17, 15) is 9.59 Å². The molecule has 0 saturated carbocycles. The second-order valence-electron chi connectivity index (χ2n) is 8.08. The molecule has 6 heteroatoms. The van der Waals surface area contributed by atoms with Crippen LogP contribution < -0.4 is 5.32 Å². The molecular formula is C25H36N4O2. The molecule has 1 atom stereocenters. The van der Waals surface area contributed by atoms with Crippen LogP contribution in [0.4, 0.5) is 0 Å². The van der Waals surface area contributed by atoms with E-state index >= 15 is 0 Å². The first-order valence-corrected chi connectivity index (χ1v) is 11.5. The lowest BCUT2D eigenvalue weighted by Gasteiger charge is -2.00. The minimum atomic E-state index is -0.221. The highest BCUT2D eigenvalue weighted by Crippen LogP contribution is 2.19. The van der Waals surface area contributed by atoms with Crippen molar-refractivity contribution in [2.75, 3.05) is 0 Å². The maximum atomic E-state index is 11.3. The van der Waals surface area contributed by atoms with Crippen LogP contribution in [-0.2, 0) is 9.59 Å². The minimum absolute atomic E-state index is 0.142. The van der Waals surface area contributed by atoms with Crippen molar-refractivity contribution in [1.29, 1.82) is 0 Å². The molecule has 0 aliphatic carbocycles. The Morgan fingerprint density at radius 2 is 1.74 bits per heavy atom. The van der Waals surface area contributed by atoms with Crippen LogP contribution in [0.5, 0.6) is 0 Å². The van der Waals surface area contributed by atoms with E-state index in [0.717, 1.165) is 17.7 Å². The molecule has 1 aromatic carbocycles. The van der Waals surface area contributed by atoms with E-state index in [-0.39, 0.29) is 17.7 Å². The van der Waals surface area contributed by atoms with E-state index in [1.165, 1.54) is 56.9 Å². The highest BCUT2D eigenvalue weighted by molar-refractivity contribution is 6.04. The summed E-state index contributed by atoms with van der Waals surface area (Å²) in [5.74, 6) is -0.509. The van der Waals surface area contributed by atoms with Gasteiger partial charge >= 0.3 is 0 Å². The summed E-state index contributed by atoms with van der Waals surface area (Å²) in [5.41, 5.74) is 3.24. The van der Waals surface area contributed by atoms with Crippen molar-refractivity contribution in [1.82, 2.24) is 20.7 Å². The SMILES string of the molecule is CCCCCCCCCCC=CC1CC(=O)NC1=O.Cc1ccccc1-c1cn[nH]n1. The second-order valence-corrected chi connectivity index (χ2v) is 8.08. The minimum Gasteiger partial charge on any atom is -0.296 e. The third kappa shape index (κ3) is 9.28. The lowest BCUT2D eigenvalue weighted by molar-refractivity contribution is -0.125. The molecule has 2 aromatic rings. The van der Waals surface area contributed by atoms with E-state index in [0.29, 0.717) is 6.42 Å². The number of rotatable bonds is 11. The van der Waals surface area contributed by atoms with Gasteiger partial charge in [-0.15, -0.1) is 0 Å². The van der Waals surface area contributed by atoms with Gasteiger partial charge in [0.15, 0.2) is 0 Å². The fraction of sp³-hybridized carbons (Fsp3) is 0.520. The number of nitrogens with one attached hydrogen (secondary N) is 2. The topological polar surface area (TPSA) is 87.7 Å². The summed E-state index contributed by atoms with van der Waals surface area (Å²) in [6.45, 7) is 4.30. The van der Waals surface area contributed by atoms with E-state index in [2.05, 4.69) is 46.7 Å². The number of hydrogen-bond donors (Lipinski definition) is 2. The number of amides is 2. The number of unbranched alkanes of at least 4 members (excludes halogenated alkanes) is 8. The van der Waals surface area contributed by atoms with E-state index in [1.54, 1.807) is 6.20 Å². The molecule has 2 heterocycles. The third-order valence-electron chi connectivity index (χ3n) is 5.43. The van der Waals surface area contributed by atoms with Gasteiger partial charge in [-0.25, -0.2) is 0 Å². The average molecular weight is 425 g/mol. The number of aromatic nitrogens is 3. The molecule has 2 amide bonds. The molecule has 31 heavy (non-hydrogen) atoms. The van der Waals surface area contributed by atoms with Crippen molar-refractivity contribution in [3.05, 3.63) is 48.2 Å². The number of nitrogens with zero attached hydrogens (tertiary/aromatic N) is 2. The number of H-pyrrole nitrogens is 1. The molecule has 1 unspecified atom stereocenters. The van der Waals surface area contributed by atoms with Crippen LogP contribution in [0.1, 0.15) is 76.7 Å². The number of hydrogen-bond acceptors (Lipinski definition) is 4. The highest BCUT2D eigenvalue weighted by atomic mass is 16.2. The van der Waals surface area contributed by atoms with Crippen LogP contribution in [0.25, 0.3) is 11.3 Å². The molecule has 1 fully saturated rings. The number of carbonyl (C=O) groups is 2. The maximum Gasteiger partial charge on any atom is 0.233 e.